The summed E-state index contributed by atoms with van der Waals surface area (Å²) in [5.41, 5.74) is 2.14. The van der Waals surface area contributed by atoms with E-state index in [4.69, 9.17) is 4.74 Å². The van der Waals surface area contributed by atoms with Crippen molar-refractivity contribution in [1.82, 2.24) is 10.2 Å². The van der Waals surface area contributed by atoms with Crippen molar-refractivity contribution >= 4 is 23.6 Å². The molecule has 2 rings (SSSR count). The van der Waals surface area contributed by atoms with Crippen LogP contribution >= 0.6 is 0 Å². The number of ether oxygens (including phenoxy) is 1. The van der Waals surface area contributed by atoms with Crippen LogP contribution < -0.4 is 10.6 Å². The van der Waals surface area contributed by atoms with Gasteiger partial charge in [-0.3, -0.25) is 9.59 Å². The smallest absolute Gasteiger partial charge is 0.408 e. The number of hydrogen-bond donors (Lipinski definition) is 3. The maximum Gasteiger partial charge on any atom is 0.408 e. The molecule has 178 valence electrons. The molecular weight excluding hydrogens is 422 g/mol. The van der Waals surface area contributed by atoms with Crippen LogP contribution in [0.5, 0.6) is 5.75 Å². The first kappa shape index (κ1) is 25.7. The minimum absolute atomic E-state index is 0.0295. The molecule has 0 radical (unpaired) electrons. The van der Waals surface area contributed by atoms with E-state index < -0.39 is 35.6 Å². The Balaban J connectivity index is 2.32. The number of phenols is 1. The molecule has 2 aromatic rings. The number of benzene rings is 2. The lowest BCUT2D eigenvalue weighted by molar-refractivity contribution is -0.138. The highest BCUT2D eigenvalue weighted by Crippen LogP contribution is 2.27. The van der Waals surface area contributed by atoms with Crippen LogP contribution in [0.15, 0.2) is 42.5 Å². The van der Waals surface area contributed by atoms with Gasteiger partial charge in [0.05, 0.1) is 0 Å². The number of anilines is 1. The van der Waals surface area contributed by atoms with Gasteiger partial charge in [0.1, 0.15) is 23.4 Å². The summed E-state index contributed by atoms with van der Waals surface area (Å²) in [7, 11) is 1.48. The molecular formula is C25H33N3O5. The zero-order valence-corrected chi connectivity index (χ0v) is 20.2. The van der Waals surface area contributed by atoms with E-state index in [9.17, 15) is 19.5 Å². The predicted molar refractivity (Wildman–Crippen MR) is 127 cm³/mol. The highest BCUT2D eigenvalue weighted by atomic mass is 16.6. The zero-order valence-electron chi connectivity index (χ0n) is 20.2. The fourth-order valence-corrected chi connectivity index (χ4v) is 3.43. The van der Waals surface area contributed by atoms with E-state index in [1.165, 1.54) is 31.0 Å². The second-order valence-electron chi connectivity index (χ2n) is 9.07. The molecule has 3 N–H and O–H groups in total. The van der Waals surface area contributed by atoms with Gasteiger partial charge in [0.2, 0.25) is 5.91 Å². The Labute approximate surface area is 194 Å². The quantitative estimate of drug-likeness (QED) is 0.609. The van der Waals surface area contributed by atoms with E-state index in [1.807, 2.05) is 32.0 Å². The largest absolute Gasteiger partial charge is 0.508 e. The molecule has 2 aromatic carbocycles. The summed E-state index contributed by atoms with van der Waals surface area (Å²) in [6.07, 6.45) is -0.731. The van der Waals surface area contributed by atoms with Gasteiger partial charge in [0.25, 0.3) is 5.91 Å². The number of para-hydroxylation sites is 1. The number of aromatic hydroxyl groups is 1. The number of alkyl carbamates (subject to hydrolysis) is 1. The molecule has 8 nitrogen and oxygen atoms in total. The van der Waals surface area contributed by atoms with Gasteiger partial charge in [0, 0.05) is 12.7 Å². The normalized spacial score (nSPS) is 12.9. The van der Waals surface area contributed by atoms with Crippen molar-refractivity contribution in [2.75, 3.05) is 12.4 Å². The summed E-state index contributed by atoms with van der Waals surface area (Å²) in [6.45, 7) is 10.5. The van der Waals surface area contributed by atoms with Crippen molar-refractivity contribution in [3.05, 3.63) is 59.2 Å². The molecule has 0 fully saturated rings. The summed E-state index contributed by atoms with van der Waals surface area (Å²) in [5, 5.41) is 15.4. The Morgan fingerprint density at radius 1 is 1.03 bits per heavy atom. The number of phenolic OH excluding ortho intramolecular Hbond substituents is 1. The molecule has 0 bridgehead atoms. The number of nitrogens with one attached hydrogen (secondary N) is 2. The van der Waals surface area contributed by atoms with Gasteiger partial charge >= 0.3 is 6.09 Å². The van der Waals surface area contributed by atoms with Gasteiger partial charge in [-0.15, -0.1) is 0 Å². The van der Waals surface area contributed by atoms with E-state index in [0.29, 0.717) is 11.3 Å². The van der Waals surface area contributed by atoms with Crippen LogP contribution in [0.3, 0.4) is 0 Å². The van der Waals surface area contributed by atoms with Crippen LogP contribution in [0, 0.1) is 13.8 Å². The molecule has 0 spiro atoms. The first-order chi connectivity index (χ1) is 15.3. The van der Waals surface area contributed by atoms with Crippen molar-refractivity contribution < 1.29 is 24.2 Å². The number of aryl methyl sites for hydroxylation is 2. The number of nitrogens with zero attached hydrogens (tertiary/aromatic N) is 1. The number of carbonyl (C=O) groups is 3. The van der Waals surface area contributed by atoms with Crippen molar-refractivity contribution in [3.8, 4) is 5.75 Å². The summed E-state index contributed by atoms with van der Waals surface area (Å²) in [6, 6.07) is 9.84. The van der Waals surface area contributed by atoms with Crippen molar-refractivity contribution in [3.63, 3.8) is 0 Å². The number of carbonyl (C=O) groups excluding carboxylic acids is 3. The molecule has 8 heteroatoms. The van der Waals surface area contributed by atoms with Crippen LogP contribution in [0.4, 0.5) is 10.5 Å². The highest BCUT2D eigenvalue weighted by Gasteiger charge is 2.33. The van der Waals surface area contributed by atoms with Gasteiger partial charge in [-0.1, -0.05) is 30.3 Å². The van der Waals surface area contributed by atoms with Crippen LogP contribution in [0.1, 0.15) is 50.4 Å². The first-order valence-electron chi connectivity index (χ1n) is 10.7. The monoisotopic (exact) mass is 455 g/mol. The van der Waals surface area contributed by atoms with Gasteiger partial charge in [-0.05, 0) is 70.4 Å². The predicted octanol–water partition coefficient (Wildman–Crippen LogP) is 4.06. The summed E-state index contributed by atoms with van der Waals surface area (Å²) in [5.74, 6) is -0.970. The number of hydrogen-bond acceptors (Lipinski definition) is 5. The number of amides is 3. The lowest BCUT2D eigenvalue weighted by atomic mass is 10.0. The van der Waals surface area contributed by atoms with Gasteiger partial charge in [0.15, 0.2) is 0 Å². The molecule has 0 saturated heterocycles. The van der Waals surface area contributed by atoms with Gasteiger partial charge in [-0.25, -0.2) is 4.79 Å². The Morgan fingerprint density at radius 3 is 2.15 bits per heavy atom. The molecule has 0 saturated carbocycles. The molecule has 3 amide bonds. The average molecular weight is 456 g/mol. The van der Waals surface area contributed by atoms with E-state index in [2.05, 4.69) is 10.6 Å². The third-order valence-electron chi connectivity index (χ3n) is 5.00. The lowest BCUT2D eigenvalue weighted by Gasteiger charge is -2.31. The molecule has 0 aliphatic heterocycles. The lowest BCUT2D eigenvalue weighted by Crippen LogP contribution is -2.49. The van der Waals surface area contributed by atoms with E-state index in [-0.39, 0.29) is 5.75 Å². The molecule has 0 aromatic heterocycles. The minimum Gasteiger partial charge on any atom is -0.508 e. The Bertz CT molecular complexity index is 1010. The topological polar surface area (TPSA) is 108 Å². The number of rotatable bonds is 6. The molecule has 0 heterocycles. The van der Waals surface area contributed by atoms with E-state index >= 15 is 0 Å². The molecule has 33 heavy (non-hydrogen) atoms. The second-order valence-corrected chi connectivity index (χ2v) is 9.07. The standard InChI is InChI=1S/C25H33N3O5/c1-15-10-8-11-16(2)20(15)27-22(30)21(18-12-9-13-19(29)14-18)28(7)23(31)17(3)26-24(32)33-25(4,5)6/h8-14,17,21,29H,1-7H3,(H,26,32)(H,27,30). The van der Waals surface area contributed by atoms with Crippen LogP contribution in [-0.4, -0.2) is 46.6 Å². The number of likely N-dealkylation sites (N-methyl/N-ethyl adjacent to an activating group) is 1. The third-order valence-corrected chi connectivity index (χ3v) is 5.00. The maximum absolute atomic E-state index is 13.4. The van der Waals surface area contributed by atoms with Crippen LogP contribution in [-0.2, 0) is 14.3 Å². The summed E-state index contributed by atoms with van der Waals surface area (Å²) in [4.78, 5) is 39.9. The SMILES string of the molecule is Cc1cccc(C)c1NC(=O)C(c1cccc(O)c1)N(C)C(=O)C(C)NC(=O)OC(C)(C)C. The van der Waals surface area contributed by atoms with Gasteiger partial charge in [-0.2, -0.15) is 0 Å². The zero-order chi connectivity index (χ0) is 24.9. The molecule has 0 aliphatic carbocycles. The first-order valence-corrected chi connectivity index (χ1v) is 10.7. The highest BCUT2D eigenvalue weighted by molar-refractivity contribution is 5.99. The minimum atomic E-state index is -1.05. The van der Waals surface area contributed by atoms with E-state index in [1.54, 1.807) is 32.9 Å². The van der Waals surface area contributed by atoms with Crippen molar-refractivity contribution in [2.45, 2.75) is 59.2 Å². The summed E-state index contributed by atoms with van der Waals surface area (Å²) >= 11 is 0. The fraction of sp³-hybridized carbons (Fsp3) is 0.400. The van der Waals surface area contributed by atoms with Crippen molar-refractivity contribution in [2.24, 2.45) is 0 Å². The Hall–Kier alpha value is -3.55. The Kier molecular flexibility index (Phi) is 8.08. The fourth-order valence-electron chi connectivity index (χ4n) is 3.43. The van der Waals surface area contributed by atoms with Crippen LogP contribution in [0.25, 0.3) is 0 Å². The average Bonchev–Trinajstić information content (AvgIpc) is 2.69. The third kappa shape index (κ3) is 6.97. The van der Waals surface area contributed by atoms with E-state index in [0.717, 1.165) is 11.1 Å². The Morgan fingerprint density at radius 2 is 1.61 bits per heavy atom. The van der Waals surface area contributed by atoms with Gasteiger partial charge < -0.3 is 25.4 Å². The molecule has 0 aliphatic rings. The van der Waals surface area contributed by atoms with Crippen molar-refractivity contribution in [1.29, 1.82) is 0 Å². The molecule has 2 atom stereocenters. The molecule has 2 unspecified atom stereocenters. The summed E-state index contributed by atoms with van der Waals surface area (Å²) < 4.78 is 5.22. The van der Waals surface area contributed by atoms with Crippen LogP contribution in [0.2, 0.25) is 0 Å². The maximum atomic E-state index is 13.4. The second kappa shape index (κ2) is 10.4.